The van der Waals surface area contributed by atoms with Gasteiger partial charge in [0.1, 0.15) is 11.9 Å². The van der Waals surface area contributed by atoms with Gasteiger partial charge in [0.25, 0.3) is 0 Å². The molecule has 0 amide bonds. The lowest BCUT2D eigenvalue weighted by Crippen LogP contribution is -2.30. The largest absolute Gasteiger partial charge is 0.489 e. The molecule has 5 nitrogen and oxygen atoms in total. The number of methoxy groups -OCH3 is 1. The van der Waals surface area contributed by atoms with Crippen molar-refractivity contribution in [2.45, 2.75) is 31.2 Å². The number of halogens is 3. The van der Waals surface area contributed by atoms with Crippen molar-refractivity contribution in [1.29, 1.82) is 0 Å². The molecule has 1 aliphatic rings. The summed E-state index contributed by atoms with van der Waals surface area (Å²) in [5, 5.41) is 9.39. The summed E-state index contributed by atoms with van der Waals surface area (Å²) < 4.78 is 48.7. The van der Waals surface area contributed by atoms with Crippen molar-refractivity contribution >= 4 is 11.7 Å². The number of ether oxygens (including phenoxy) is 2. The lowest BCUT2D eigenvalue weighted by molar-refractivity contribution is -0.137. The van der Waals surface area contributed by atoms with Crippen molar-refractivity contribution in [3.8, 4) is 5.75 Å². The molecule has 0 bridgehead atoms. The molecule has 2 aromatic rings. The van der Waals surface area contributed by atoms with E-state index >= 15 is 0 Å². The Balaban J connectivity index is 1.71. The summed E-state index contributed by atoms with van der Waals surface area (Å²) in [4.78, 5) is 13.7. The number of carbonyl (C=O) groups is 1. The van der Waals surface area contributed by atoms with Gasteiger partial charge in [-0.05, 0) is 55.0 Å². The molecular formula is C21H22F3NO4. The van der Waals surface area contributed by atoms with Crippen molar-refractivity contribution < 1.29 is 32.5 Å². The Hall–Kier alpha value is -2.74. The van der Waals surface area contributed by atoms with Gasteiger partial charge in [0.2, 0.25) is 0 Å². The number of nitrogens with zero attached hydrogens (tertiary/aromatic N) is 1. The molecule has 1 saturated heterocycles. The van der Waals surface area contributed by atoms with Crippen LogP contribution in [0.1, 0.15) is 28.8 Å². The van der Waals surface area contributed by atoms with Crippen molar-refractivity contribution in [2.24, 2.45) is 0 Å². The number of alkyl halides is 3. The first-order valence-corrected chi connectivity index (χ1v) is 9.21. The van der Waals surface area contributed by atoms with Crippen molar-refractivity contribution in [1.82, 2.24) is 0 Å². The average Bonchev–Trinajstić information content (AvgIpc) is 3.10. The predicted octanol–water partition coefficient (Wildman–Crippen LogP) is 3.90. The molecule has 2 atom stereocenters. The number of hydrogen-bond acceptors (Lipinski definition) is 5. The molecule has 156 valence electrons. The molecular weight excluding hydrogens is 387 g/mol. The van der Waals surface area contributed by atoms with E-state index in [1.54, 1.807) is 24.3 Å². The Kier molecular flexibility index (Phi) is 6.32. The number of anilines is 1. The summed E-state index contributed by atoms with van der Waals surface area (Å²) in [7, 11) is 1.32. The maximum atomic E-state index is 12.7. The predicted molar refractivity (Wildman–Crippen MR) is 101 cm³/mol. The minimum absolute atomic E-state index is 0.00834. The molecule has 1 heterocycles. The van der Waals surface area contributed by atoms with Gasteiger partial charge in [-0.1, -0.05) is 0 Å². The molecule has 0 unspecified atom stereocenters. The van der Waals surface area contributed by atoms with Gasteiger partial charge in [-0.2, -0.15) is 13.2 Å². The summed E-state index contributed by atoms with van der Waals surface area (Å²) in [6.45, 7) is 0.525. The lowest BCUT2D eigenvalue weighted by atomic mass is 10.1. The third kappa shape index (κ3) is 5.00. The van der Waals surface area contributed by atoms with E-state index in [2.05, 4.69) is 4.90 Å². The van der Waals surface area contributed by atoms with Crippen LogP contribution in [0.15, 0.2) is 48.5 Å². The summed E-state index contributed by atoms with van der Waals surface area (Å²) in [6, 6.07) is 11.6. The molecule has 0 aromatic heterocycles. The first kappa shape index (κ1) is 21.0. The molecule has 29 heavy (non-hydrogen) atoms. The molecule has 0 radical (unpaired) electrons. The standard InChI is InChI=1S/C21H22F3NO4/c1-28-20(27)14-2-6-16(7-3-14)25-13-19(12-17(25)10-11-26)29-18-8-4-15(5-9-18)21(22,23)24/h2-9,17,19,26H,10-13H2,1H3/t17-,19-/m1/s1. The van der Waals surface area contributed by atoms with E-state index in [9.17, 15) is 23.1 Å². The van der Waals surface area contributed by atoms with Gasteiger partial charge in [-0.15, -0.1) is 0 Å². The van der Waals surface area contributed by atoms with E-state index < -0.39 is 17.7 Å². The highest BCUT2D eigenvalue weighted by Crippen LogP contribution is 2.33. The molecule has 1 fully saturated rings. The molecule has 1 N–H and O–H groups in total. The third-order valence-electron chi connectivity index (χ3n) is 4.94. The molecule has 0 spiro atoms. The van der Waals surface area contributed by atoms with Crippen LogP contribution in [-0.2, 0) is 10.9 Å². The fourth-order valence-corrected chi connectivity index (χ4v) is 3.52. The SMILES string of the molecule is COC(=O)c1ccc(N2C[C@H](Oc3ccc(C(F)(F)F)cc3)C[C@H]2CCO)cc1. The Morgan fingerprint density at radius 2 is 1.79 bits per heavy atom. The quantitative estimate of drug-likeness (QED) is 0.734. The van der Waals surface area contributed by atoms with E-state index in [0.717, 1.165) is 17.8 Å². The second-order valence-corrected chi connectivity index (χ2v) is 6.85. The average molecular weight is 409 g/mol. The number of esters is 1. The Bertz CT molecular complexity index is 821. The highest BCUT2D eigenvalue weighted by molar-refractivity contribution is 5.89. The van der Waals surface area contributed by atoms with Gasteiger partial charge in [-0.25, -0.2) is 4.79 Å². The number of benzene rings is 2. The van der Waals surface area contributed by atoms with Gasteiger partial charge in [0, 0.05) is 24.8 Å². The van der Waals surface area contributed by atoms with Crippen LogP contribution in [0.4, 0.5) is 18.9 Å². The second-order valence-electron chi connectivity index (χ2n) is 6.85. The highest BCUT2D eigenvalue weighted by atomic mass is 19.4. The van der Waals surface area contributed by atoms with Crippen LogP contribution in [0.5, 0.6) is 5.75 Å². The van der Waals surface area contributed by atoms with Gasteiger partial charge >= 0.3 is 12.1 Å². The topological polar surface area (TPSA) is 59.0 Å². The number of carbonyl (C=O) groups excluding carboxylic acids is 1. The van der Waals surface area contributed by atoms with E-state index in [1.165, 1.54) is 19.2 Å². The lowest BCUT2D eigenvalue weighted by Gasteiger charge is -2.26. The van der Waals surface area contributed by atoms with Crippen LogP contribution in [0.3, 0.4) is 0 Å². The summed E-state index contributed by atoms with van der Waals surface area (Å²) in [5.74, 6) is -0.0537. The van der Waals surface area contributed by atoms with Gasteiger partial charge in [0.05, 0.1) is 24.8 Å². The second kappa shape index (κ2) is 8.73. The molecule has 1 aliphatic heterocycles. The normalized spacial score (nSPS) is 19.3. The molecule has 8 heteroatoms. The monoisotopic (exact) mass is 409 g/mol. The van der Waals surface area contributed by atoms with Gasteiger partial charge in [-0.3, -0.25) is 0 Å². The summed E-state index contributed by atoms with van der Waals surface area (Å²) >= 11 is 0. The zero-order valence-corrected chi connectivity index (χ0v) is 15.9. The minimum atomic E-state index is -4.38. The zero-order valence-electron chi connectivity index (χ0n) is 15.9. The van der Waals surface area contributed by atoms with E-state index in [4.69, 9.17) is 9.47 Å². The molecule has 2 aromatic carbocycles. The molecule has 0 aliphatic carbocycles. The Morgan fingerprint density at radius 3 is 2.34 bits per heavy atom. The van der Waals surface area contributed by atoms with E-state index in [0.29, 0.717) is 30.7 Å². The number of hydrogen-bond donors (Lipinski definition) is 1. The van der Waals surface area contributed by atoms with Crippen molar-refractivity contribution in [3.05, 3.63) is 59.7 Å². The fraction of sp³-hybridized carbons (Fsp3) is 0.381. The molecule has 0 saturated carbocycles. The fourth-order valence-electron chi connectivity index (χ4n) is 3.52. The Morgan fingerprint density at radius 1 is 1.14 bits per heavy atom. The number of aliphatic hydroxyl groups excluding tert-OH is 1. The van der Waals surface area contributed by atoms with Gasteiger partial charge in [0.15, 0.2) is 0 Å². The van der Waals surface area contributed by atoms with Crippen LogP contribution in [0, 0.1) is 0 Å². The van der Waals surface area contributed by atoms with Crippen molar-refractivity contribution in [3.63, 3.8) is 0 Å². The summed E-state index contributed by atoms with van der Waals surface area (Å²) in [5.41, 5.74) is 0.586. The van der Waals surface area contributed by atoms with Crippen LogP contribution in [0.25, 0.3) is 0 Å². The smallest absolute Gasteiger partial charge is 0.416 e. The third-order valence-corrected chi connectivity index (χ3v) is 4.94. The van der Waals surface area contributed by atoms with Crippen LogP contribution < -0.4 is 9.64 Å². The van der Waals surface area contributed by atoms with Crippen LogP contribution in [0.2, 0.25) is 0 Å². The van der Waals surface area contributed by atoms with E-state index in [1.807, 2.05) is 0 Å². The van der Waals surface area contributed by atoms with Crippen LogP contribution in [-0.4, -0.2) is 43.5 Å². The number of rotatable bonds is 6. The molecule has 3 rings (SSSR count). The first-order valence-electron chi connectivity index (χ1n) is 9.21. The van der Waals surface area contributed by atoms with Crippen molar-refractivity contribution in [2.75, 3.05) is 25.2 Å². The highest BCUT2D eigenvalue weighted by Gasteiger charge is 2.34. The first-order chi connectivity index (χ1) is 13.8. The number of aliphatic hydroxyl groups is 1. The maximum Gasteiger partial charge on any atom is 0.416 e. The van der Waals surface area contributed by atoms with Crippen LogP contribution >= 0.6 is 0 Å². The Labute approximate surface area is 166 Å². The minimum Gasteiger partial charge on any atom is -0.489 e. The van der Waals surface area contributed by atoms with E-state index in [-0.39, 0.29) is 18.8 Å². The maximum absolute atomic E-state index is 12.7. The summed E-state index contributed by atoms with van der Waals surface area (Å²) in [6.07, 6.45) is -3.46. The zero-order chi connectivity index (χ0) is 21.0. The van der Waals surface area contributed by atoms with Gasteiger partial charge < -0.3 is 19.5 Å².